The van der Waals surface area contributed by atoms with Gasteiger partial charge in [-0.2, -0.15) is 0 Å². The molecule has 3 nitrogen and oxygen atoms in total. The number of halogens is 2. The minimum absolute atomic E-state index is 0.0273. The molecule has 98 valence electrons. The second-order valence-electron chi connectivity index (χ2n) is 4.64. The molecule has 0 saturated carbocycles. The highest BCUT2D eigenvalue weighted by molar-refractivity contribution is 14.1. The van der Waals surface area contributed by atoms with E-state index in [4.69, 9.17) is 0 Å². The molecule has 0 aromatic heterocycles. The Hall–Kier alpha value is -0.690. The Morgan fingerprint density at radius 2 is 2.39 bits per heavy atom. The van der Waals surface area contributed by atoms with Crippen molar-refractivity contribution in [3.8, 4) is 0 Å². The van der Waals surface area contributed by atoms with Crippen molar-refractivity contribution in [1.82, 2.24) is 5.32 Å². The SMILES string of the molecule is CCC1(C(=O)Nc2ccc(F)cc2I)CCNC1. The van der Waals surface area contributed by atoms with Crippen LogP contribution in [0.3, 0.4) is 0 Å². The maximum absolute atomic E-state index is 13.0. The molecule has 0 bridgehead atoms. The van der Waals surface area contributed by atoms with Crippen LogP contribution < -0.4 is 10.6 Å². The van der Waals surface area contributed by atoms with E-state index in [2.05, 4.69) is 10.6 Å². The number of hydrogen-bond acceptors (Lipinski definition) is 2. The second-order valence-corrected chi connectivity index (χ2v) is 5.80. The van der Waals surface area contributed by atoms with Gasteiger partial charge >= 0.3 is 0 Å². The molecular weight excluding hydrogens is 346 g/mol. The van der Waals surface area contributed by atoms with E-state index in [1.165, 1.54) is 12.1 Å². The molecule has 2 rings (SSSR count). The molecule has 1 aromatic rings. The monoisotopic (exact) mass is 362 g/mol. The molecule has 1 saturated heterocycles. The Balaban J connectivity index is 2.15. The average molecular weight is 362 g/mol. The molecule has 0 aliphatic carbocycles. The molecule has 1 aliphatic heterocycles. The van der Waals surface area contributed by atoms with Crippen molar-refractivity contribution in [1.29, 1.82) is 0 Å². The number of carbonyl (C=O) groups is 1. The molecule has 1 aromatic carbocycles. The Labute approximate surface area is 120 Å². The van der Waals surface area contributed by atoms with E-state index in [-0.39, 0.29) is 17.1 Å². The zero-order valence-electron chi connectivity index (χ0n) is 10.2. The van der Waals surface area contributed by atoms with Gasteiger partial charge in [-0.25, -0.2) is 4.39 Å². The van der Waals surface area contributed by atoms with E-state index in [1.807, 2.05) is 29.5 Å². The van der Waals surface area contributed by atoms with Crippen molar-refractivity contribution in [3.05, 3.63) is 27.6 Å². The van der Waals surface area contributed by atoms with Crippen LogP contribution in [0.2, 0.25) is 0 Å². The van der Waals surface area contributed by atoms with Crippen molar-refractivity contribution in [2.45, 2.75) is 19.8 Å². The number of amides is 1. The fourth-order valence-electron chi connectivity index (χ4n) is 2.25. The second kappa shape index (κ2) is 5.52. The van der Waals surface area contributed by atoms with Crippen molar-refractivity contribution >= 4 is 34.2 Å². The Bertz CT molecular complexity index is 458. The topological polar surface area (TPSA) is 41.1 Å². The van der Waals surface area contributed by atoms with Gasteiger partial charge in [0.15, 0.2) is 0 Å². The van der Waals surface area contributed by atoms with Crippen LogP contribution >= 0.6 is 22.6 Å². The van der Waals surface area contributed by atoms with E-state index in [0.29, 0.717) is 12.2 Å². The van der Waals surface area contributed by atoms with E-state index < -0.39 is 0 Å². The fraction of sp³-hybridized carbons (Fsp3) is 0.462. The third-order valence-electron chi connectivity index (χ3n) is 3.58. The molecule has 2 N–H and O–H groups in total. The van der Waals surface area contributed by atoms with Gasteiger partial charge in [-0.1, -0.05) is 6.92 Å². The van der Waals surface area contributed by atoms with E-state index in [0.717, 1.165) is 23.0 Å². The van der Waals surface area contributed by atoms with Crippen LogP contribution in [-0.2, 0) is 4.79 Å². The highest BCUT2D eigenvalue weighted by atomic mass is 127. The zero-order valence-corrected chi connectivity index (χ0v) is 12.4. The zero-order chi connectivity index (χ0) is 13.2. The van der Waals surface area contributed by atoms with Gasteiger partial charge in [0.1, 0.15) is 5.82 Å². The van der Waals surface area contributed by atoms with Crippen LogP contribution in [0.25, 0.3) is 0 Å². The van der Waals surface area contributed by atoms with Gasteiger partial charge < -0.3 is 10.6 Å². The van der Waals surface area contributed by atoms with Crippen LogP contribution in [0.4, 0.5) is 10.1 Å². The summed E-state index contributed by atoms with van der Waals surface area (Å²) in [4.78, 5) is 12.4. The lowest BCUT2D eigenvalue weighted by molar-refractivity contribution is -0.124. The normalized spacial score (nSPS) is 23.1. The standard InChI is InChI=1S/C13H16FIN2O/c1-2-13(5-6-16-8-13)12(18)17-11-4-3-9(14)7-10(11)15/h3-4,7,16H,2,5-6,8H2,1H3,(H,17,18). The Kier molecular flexibility index (Phi) is 4.21. The lowest BCUT2D eigenvalue weighted by Crippen LogP contribution is -2.37. The van der Waals surface area contributed by atoms with E-state index in [1.54, 1.807) is 6.07 Å². The predicted octanol–water partition coefficient (Wildman–Crippen LogP) is 2.76. The third kappa shape index (κ3) is 2.66. The first-order chi connectivity index (χ1) is 8.57. The number of hydrogen-bond donors (Lipinski definition) is 2. The number of carbonyl (C=O) groups excluding carboxylic acids is 1. The van der Waals surface area contributed by atoms with Crippen LogP contribution in [0.1, 0.15) is 19.8 Å². The maximum Gasteiger partial charge on any atom is 0.231 e. The molecule has 0 spiro atoms. The molecule has 0 radical (unpaired) electrons. The van der Waals surface area contributed by atoms with Crippen molar-refractivity contribution in [2.75, 3.05) is 18.4 Å². The van der Waals surface area contributed by atoms with Crippen molar-refractivity contribution in [3.63, 3.8) is 0 Å². The van der Waals surface area contributed by atoms with Gasteiger partial charge in [0.05, 0.1) is 11.1 Å². The largest absolute Gasteiger partial charge is 0.325 e. The molecule has 1 atom stereocenters. The van der Waals surface area contributed by atoms with Gasteiger partial charge in [0, 0.05) is 10.1 Å². The summed E-state index contributed by atoms with van der Waals surface area (Å²) in [6.07, 6.45) is 1.66. The highest BCUT2D eigenvalue weighted by Gasteiger charge is 2.39. The van der Waals surface area contributed by atoms with Crippen molar-refractivity contribution in [2.24, 2.45) is 5.41 Å². The van der Waals surface area contributed by atoms with Gasteiger partial charge in [-0.3, -0.25) is 4.79 Å². The first kappa shape index (κ1) is 13.7. The summed E-state index contributed by atoms with van der Waals surface area (Å²) >= 11 is 2.03. The summed E-state index contributed by atoms with van der Waals surface area (Å²) in [6.45, 7) is 3.62. The fourth-order valence-corrected chi connectivity index (χ4v) is 2.86. The summed E-state index contributed by atoms with van der Waals surface area (Å²) < 4.78 is 13.7. The van der Waals surface area contributed by atoms with Crippen molar-refractivity contribution < 1.29 is 9.18 Å². The summed E-state index contributed by atoms with van der Waals surface area (Å²) in [5, 5.41) is 6.15. The third-order valence-corrected chi connectivity index (χ3v) is 4.47. The predicted molar refractivity (Wildman–Crippen MR) is 78.0 cm³/mol. The molecule has 18 heavy (non-hydrogen) atoms. The molecule has 1 heterocycles. The lowest BCUT2D eigenvalue weighted by Gasteiger charge is -2.25. The van der Waals surface area contributed by atoms with E-state index >= 15 is 0 Å². The first-order valence-corrected chi connectivity index (χ1v) is 7.12. The molecule has 1 amide bonds. The molecule has 1 fully saturated rings. The Morgan fingerprint density at radius 3 is 2.94 bits per heavy atom. The van der Waals surface area contributed by atoms with E-state index in [9.17, 15) is 9.18 Å². The summed E-state index contributed by atoms with van der Waals surface area (Å²) in [5.41, 5.74) is 0.360. The van der Waals surface area contributed by atoms with Crippen LogP contribution in [0, 0.1) is 14.8 Å². The smallest absolute Gasteiger partial charge is 0.231 e. The van der Waals surface area contributed by atoms with Gasteiger partial charge in [-0.15, -0.1) is 0 Å². The lowest BCUT2D eigenvalue weighted by atomic mass is 9.83. The molecule has 5 heteroatoms. The molecular formula is C13H16FIN2O. The van der Waals surface area contributed by atoms with Gasteiger partial charge in [-0.05, 0) is 60.2 Å². The van der Waals surface area contributed by atoms with Crippen LogP contribution in [-0.4, -0.2) is 19.0 Å². The van der Waals surface area contributed by atoms with Gasteiger partial charge in [0.25, 0.3) is 0 Å². The Morgan fingerprint density at radius 1 is 1.61 bits per heavy atom. The first-order valence-electron chi connectivity index (χ1n) is 6.04. The number of nitrogens with one attached hydrogen (secondary N) is 2. The average Bonchev–Trinajstić information content (AvgIpc) is 2.82. The molecule has 1 aliphatic rings. The molecule has 1 unspecified atom stereocenters. The minimum atomic E-state index is -0.322. The summed E-state index contributed by atoms with van der Waals surface area (Å²) in [5.74, 6) is -0.260. The number of anilines is 1. The number of rotatable bonds is 3. The quantitative estimate of drug-likeness (QED) is 0.812. The summed E-state index contributed by atoms with van der Waals surface area (Å²) in [7, 11) is 0. The van der Waals surface area contributed by atoms with Crippen LogP contribution in [0.5, 0.6) is 0 Å². The summed E-state index contributed by atoms with van der Waals surface area (Å²) in [6, 6.07) is 4.39. The van der Waals surface area contributed by atoms with Gasteiger partial charge in [0.2, 0.25) is 5.91 Å². The highest BCUT2D eigenvalue weighted by Crippen LogP contribution is 2.31. The minimum Gasteiger partial charge on any atom is -0.325 e. The van der Waals surface area contributed by atoms with Crippen LogP contribution in [0.15, 0.2) is 18.2 Å². The maximum atomic E-state index is 13.0. The number of benzene rings is 1.